The van der Waals surface area contributed by atoms with Gasteiger partial charge in [0.25, 0.3) is 5.91 Å². The van der Waals surface area contributed by atoms with E-state index in [1.54, 1.807) is 29.2 Å². The number of carboxylic acid groups (broad SMARTS) is 1. The molecule has 0 radical (unpaired) electrons. The molecule has 0 unspecified atom stereocenters. The number of rotatable bonds is 2. The standard InChI is InChI=1S/C17H20N4O2.C2HF3O2/c18-12-13-3-5-14(6-4-13)16(22)20-8-10-21(11-9-20)17(23)15-2-1-7-19-15;3-2(4,5)1(6)7/h3-6,15,19H,1-2,7-11H2;(H,6,7)/t15-;/m0./s1. The quantitative estimate of drug-likeness (QED) is 0.735. The maximum Gasteiger partial charge on any atom is 0.490 e. The number of amides is 2. The van der Waals surface area contributed by atoms with Gasteiger partial charge in [0, 0.05) is 31.7 Å². The van der Waals surface area contributed by atoms with Gasteiger partial charge < -0.3 is 20.2 Å². The summed E-state index contributed by atoms with van der Waals surface area (Å²) in [6.07, 6.45) is -3.13. The van der Waals surface area contributed by atoms with Crippen LogP contribution in [0.15, 0.2) is 24.3 Å². The monoisotopic (exact) mass is 426 g/mol. The van der Waals surface area contributed by atoms with Crippen LogP contribution in [0.2, 0.25) is 0 Å². The molecular formula is C19H21F3N4O4. The van der Waals surface area contributed by atoms with Crippen molar-refractivity contribution in [3.05, 3.63) is 35.4 Å². The van der Waals surface area contributed by atoms with Gasteiger partial charge in [0.15, 0.2) is 0 Å². The molecule has 0 aliphatic carbocycles. The molecule has 1 aromatic carbocycles. The number of alkyl halides is 3. The number of nitrogens with zero attached hydrogens (tertiary/aromatic N) is 3. The molecule has 2 aliphatic rings. The van der Waals surface area contributed by atoms with Gasteiger partial charge in [-0.3, -0.25) is 9.59 Å². The molecule has 2 saturated heterocycles. The number of carbonyl (C=O) groups excluding carboxylic acids is 2. The predicted octanol–water partition coefficient (Wildman–Crippen LogP) is 1.23. The number of nitrogens with one attached hydrogen (secondary N) is 1. The van der Waals surface area contributed by atoms with Crippen molar-refractivity contribution in [1.29, 1.82) is 5.26 Å². The van der Waals surface area contributed by atoms with Gasteiger partial charge in [-0.25, -0.2) is 4.79 Å². The molecule has 2 aliphatic heterocycles. The van der Waals surface area contributed by atoms with E-state index >= 15 is 0 Å². The molecule has 2 heterocycles. The van der Waals surface area contributed by atoms with Crippen LogP contribution in [-0.2, 0) is 9.59 Å². The summed E-state index contributed by atoms with van der Waals surface area (Å²) in [5, 5.41) is 19.2. The first-order valence-corrected chi connectivity index (χ1v) is 9.25. The van der Waals surface area contributed by atoms with E-state index in [1.807, 2.05) is 11.0 Å². The minimum Gasteiger partial charge on any atom is -0.475 e. The molecule has 3 rings (SSSR count). The average Bonchev–Trinajstić information content (AvgIpc) is 3.27. The molecule has 0 bridgehead atoms. The van der Waals surface area contributed by atoms with Crippen LogP contribution in [0.1, 0.15) is 28.8 Å². The smallest absolute Gasteiger partial charge is 0.475 e. The topological polar surface area (TPSA) is 114 Å². The van der Waals surface area contributed by atoms with Crippen LogP contribution in [0.5, 0.6) is 0 Å². The highest BCUT2D eigenvalue weighted by atomic mass is 19.4. The lowest BCUT2D eigenvalue weighted by atomic mass is 10.1. The van der Waals surface area contributed by atoms with Gasteiger partial charge in [0.2, 0.25) is 5.91 Å². The second kappa shape index (κ2) is 10.1. The second-order valence-corrected chi connectivity index (χ2v) is 6.76. The lowest BCUT2D eigenvalue weighted by Gasteiger charge is -2.36. The van der Waals surface area contributed by atoms with Gasteiger partial charge in [-0.2, -0.15) is 18.4 Å². The Hall–Kier alpha value is -3.13. The van der Waals surface area contributed by atoms with Crippen molar-refractivity contribution in [2.45, 2.75) is 25.1 Å². The molecule has 2 amide bonds. The van der Waals surface area contributed by atoms with Crippen LogP contribution in [-0.4, -0.2) is 77.6 Å². The van der Waals surface area contributed by atoms with Crippen molar-refractivity contribution in [3.8, 4) is 6.07 Å². The molecule has 162 valence electrons. The van der Waals surface area contributed by atoms with E-state index in [0.717, 1.165) is 19.4 Å². The van der Waals surface area contributed by atoms with Crippen molar-refractivity contribution >= 4 is 17.8 Å². The Morgan fingerprint density at radius 3 is 2.03 bits per heavy atom. The predicted molar refractivity (Wildman–Crippen MR) is 98.4 cm³/mol. The van der Waals surface area contributed by atoms with Crippen LogP contribution >= 0.6 is 0 Å². The van der Waals surface area contributed by atoms with Gasteiger partial charge >= 0.3 is 12.1 Å². The van der Waals surface area contributed by atoms with Crippen LogP contribution in [0.3, 0.4) is 0 Å². The van der Waals surface area contributed by atoms with Crippen LogP contribution in [0, 0.1) is 11.3 Å². The highest BCUT2D eigenvalue weighted by Crippen LogP contribution is 2.14. The molecule has 2 fully saturated rings. The third kappa shape index (κ3) is 6.18. The van der Waals surface area contributed by atoms with E-state index in [0.29, 0.717) is 37.3 Å². The summed E-state index contributed by atoms with van der Waals surface area (Å²) in [6.45, 7) is 3.18. The molecule has 0 aromatic heterocycles. The lowest BCUT2D eigenvalue weighted by molar-refractivity contribution is -0.192. The largest absolute Gasteiger partial charge is 0.490 e. The average molecular weight is 426 g/mol. The first kappa shape index (κ1) is 23.2. The van der Waals surface area contributed by atoms with Crippen molar-refractivity contribution in [3.63, 3.8) is 0 Å². The first-order chi connectivity index (χ1) is 14.1. The third-order valence-electron chi connectivity index (χ3n) is 4.74. The molecular weight excluding hydrogens is 405 g/mol. The molecule has 0 saturated carbocycles. The number of hydrogen-bond acceptors (Lipinski definition) is 5. The fraction of sp³-hybridized carbons (Fsp3) is 0.474. The zero-order valence-corrected chi connectivity index (χ0v) is 16.0. The van der Waals surface area contributed by atoms with Crippen molar-refractivity contribution in [2.75, 3.05) is 32.7 Å². The number of benzene rings is 1. The highest BCUT2D eigenvalue weighted by molar-refractivity contribution is 5.94. The number of halogens is 3. The highest BCUT2D eigenvalue weighted by Gasteiger charge is 2.38. The number of hydrogen-bond donors (Lipinski definition) is 2. The SMILES string of the molecule is N#Cc1ccc(C(=O)N2CCN(C(=O)[C@@H]3CCCN3)CC2)cc1.O=C(O)C(F)(F)F. The van der Waals surface area contributed by atoms with E-state index < -0.39 is 12.1 Å². The molecule has 2 N–H and O–H groups in total. The second-order valence-electron chi connectivity index (χ2n) is 6.76. The summed E-state index contributed by atoms with van der Waals surface area (Å²) < 4.78 is 31.7. The van der Waals surface area contributed by atoms with E-state index in [1.165, 1.54) is 0 Å². The molecule has 0 spiro atoms. The van der Waals surface area contributed by atoms with E-state index in [-0.39, 0.29) is 17.9 Å². The summed E-state index contributed by atoms with van der Waals surface area (Å²) in [4.78, 5) is 37.3. The van der Waals surface area contributed by atoms with E-state index in [2.05, 4.69) is 5.32 Å². The Morgan fingerprint density at radius 2 is 1.60 bits per heavy atom. The minimum absolute atomic E-state index is 0.0411. The number of carboxylic acids is 1. The molecule has 1 atom stereocenters. The first-order valence-electron chi connectivity index (χ1n) is 9.25. The zero-order valence-electron chi connectivity index (χ0n) is 16.0. The Labute approximate surface area is 170 Å². The fourth-order valence-electron chi connectivity index (χ4n) is 3.12. The van der Waals surface area contributed by atoms with Crippen LogP contribution in [0.25, 0.3) is 0 Å². The van der Waals surface area contributed by atoms with E-state index in [9.17, 15) is 22.8 Å². The summed E-state index contributed by atoms with van der Waals surface area (Å²) in [6, 6.07) is 8.66. The molecule has 1 aromatic rings. The van der Waals surface area contributed by atoms with Gasteiger partial charge in [0.05, 0.1) is 17.7 Å². The van der Waals surface area contributed by atoms with E-state index in [4.69, 9.17) is 15.2 Å². The van der Waals surface area contributed by atoms with Gasteiger partial charge in [-0.05, 0) is 43.7 Å². The fourth-order valence-corrected chi connectivity index (χ4v) is 3.12. The minimum atomic E-state index is -5.08. The molecule has 30 heavy (non-hydrogen) atoms. The van der Waals surface area contributed by atoms with Gasteiger partial charge in [-0.15, -0.1) is 0 Å². The summed E-state index contributed by atoms with van der Waals surface area (Å²) >= 11 is 0. The summed E-state index contributed by atoms with van der Waals surface area (Å²) in [5.41, 5.74) is 1.13. The maximum atomic E-state index is 12.5. The lowest BCUT2D eigenvalue weighted by Crippen LogP contribution is -2.54. The normalized spacial score (nSPS) is 18.8. The van der Waals surface area contributed by atoms with Gasteiger partial charge in [0.1, 0.15) is 0 Å². The summed E-state index contributed by atoms with van der Waals surface area (Å²) in [7, 11) is 0. The molecule has 8 nitrogen and oxygen atoms in total. The molecule has 11 heteroatoms. The Kier molecular flexibility index (Phi) is 7.77. The Bertz CT molecular complexity index is 807. The maximum absolute atomic E-state index is 12.5. The summed E-state index contributed by atoms with van der Waals surface area (Å²) in [5.74, 6) is -2.64. The zero-order chi connectivity index (χ0) is 22.3. The Balaban J connectivity index is 0.000000396. The number of piperazine rings is 1. The van der Waals surface area contributed by atoms with Crippen LogP contribution in [0.4, 0.5) is 13.2 Å². The Morgan fingerprint density at radius 1 is 1.07 bits per heavy atom. The van der Waals surface area contributed by atoms with Crippen molar-refractivity contribution in [1.82, 2.24) is 15.1 Å². The van der Waals surface area contributed by atoms with Crippen molar-refractivity contribution in [2.24, 2.45) is 0 Å². The van der Waals surface area contributed by atoms with Crippen molar-refractivity contribution < 1.29 is 32.7 Å². The van der Waals surface area contributed by atoms with Gasteiger partial charge in [-0.1, -0.05) is 0 Å². The van der Waals surface area contributed by atoms with Crippen LogP contribution < -0.4 is 5.32 Å². The number of carbonyl (C=O) groups is 3. The number of nitriles is 1. The third-order valence-corrected chi connectivity index (χ3v) is 4.74. The number of aliphatic carboxylic acids is 1.